The van der Waals surface area contributed by atoms with Crippen molar-refractivity contribution in [2.75, 3.05) is 0 Å². The number of carbonyl (C=O) groups is 1. The Labute approximate surface area is 102 Å². The first-order valence-electron chi connectivity index (χ1n) is 4.87. The first-order chi connectivity index (χ1) is 8.08. The van der Waals surface area contributed by atoms with Crippen molar-refractivity contribution < 1.29 is 14.3 Å². The lowest BCUT2D eigenvalue weighted by atomic mass is 10.0. The fourth-order valence-electron chi connectivity index (χ4n) is 1.54. The van der Waals surface area contributed by atoms with Crippen molar-refractivity contribution >= 4 is 17.6 Å². The molecule has 4 heteroatoms. The monoisotopic (exact) mass is 250 g/mol. The van der Waals surface area contributed by atoms with Crippen LogP contribution in [-0.2, 0) is 0 Å². The molecular formula is C13H8ClFO2. The van der Waals surface area contributed by atoms with Gasteiger partial charge < -0.3 is 5.11 Å². The number of hydrogen-bond acceptors (Lipinski definition) is 1. The molecule has 0 radical (unpaired) electrons. The Morgan fingerprint density at radius 3 is 2.65 bits per heavy atom. The summed E-state index contributed by atoms with van der Waals surface area (Å²) >= 11 is 5.95. The Morgan fingerprint density at radius 1 is 1.18 bits per heavy atom. The molecule has 2 aromatic carbocycles. The van der Waals surface area contributed by atoms with Crippen LogP contribution in [0.4, 0.5) is 4.39 Å². The predicted molar refractivity (Wildman–Crippen MR) is 63.8 cm³/mol. The molecule has 0 saturated carbocycles. The van der Waals surface area contributed by atoms with Gasteiger partial charge in [-0.05, 0) is 35.9 Å². The summed E-state index contributed by atoms with van der Waals surface area (Å²) in [4.78, 5) is 10.8. The molecule has 0 spiro atoms. The molecule has 0 unspecified atom stereocenters. The SMILES string of the molecule is O=C(O)c1cccc(-c2cc(F)ccc2Cl)c1. The average molecular weight is 251 g/mol. The number of carboxylic acids is 1. The molecule has 1 N–H and O–H groups in total. The van der Waals surface area contributed by atoms with Gasteiger partial charge in [0.05, 0.1) is 5.56 Å². The van der Waals surface area contributed by atoms with Crippen LogP contribution >= 0.6 is 11.6 Å². The average Bonchev–Trinajstić information content (AvgIpc) is 2.32. The normalized spacial score (nSPS) is 10.2. The number of hydrogen-bond donors (Lipinski definition) is 1. The van der Waals surface area contributed by atoms with Gasteiger partial charge in [-0.25, -0.2) is 9.18 Å². The summed E-state index contributed by atoms with van der Waals surface area (Å²) < 4.78 is 13.1. The third-order valence-corrected chi connectivity index (χ3v) is 2.68. The van der Waals surface area contributed by atoms with Crippen LogP contribution in [0.15, 0.2) is 42.5 Å². The summed E-state index contributed by atoms with van der Waals surface area (Å²) in [5, 5.41) is 9.26. The van der Waals surface area contributed by atoms with Gasteiger partial charge in [-0.2, -0.15) is 0 Å². The van der Waals surface area contributed by atoms with Gasteiger partial charge in [0.2, 0.25) is 0 Å². The summed E-state index contributed by atoms with van der Waals surface area (Å²) in [5.41, 5.74) is 1.20. The first-order valence-corrected chi connectivity index (χ1v) is 5.24. The lowest BCUT2D eigenvalue weighted by molar-refractivity contribution is 0.0697. The van der Waals surface area contributed by atoms with E-state index in [1.54, 1.807) is 12.1 Å². The molecule has 2 nitrogen and oxygen atoms in total. The van der Waals surface area contributed by atoms with Gasteiger partial charge in [0.15, 0.2) is 0 Å². The molecule has 17 heavy (non-hydrogen) atoms. The van der Waals surface area contributed by atoms with Gasteiger partial charge in [0.25, 0.3) is 0 Å². The van der Waals surface area contributed by atoms with Gasteiger partial charge in [-0.1, -0.05) is 23.7 Å². The third-order valence-electron chi connectivity index (χ3n) is 2.35. The second-order valence-electron chi connectivity index (χ2n) is 3.51. The first kappa shape index (κ1) is 11.6. The largest absolute Gasteiger partial charge is 0.478 e. The number of benzene rings is 2. The second kappa shape index (κ2) is 4.55. The van der Waals surface area contributed by atoms with E-state index in [9.17, 15) is 9.18 Å². The van der Waals surface area contributed by atoms with Crippen LogP contribution < -0.4 is 0 Å². The molecule has 0 aromatic heterocycles. The van der Waals surface area contributed by atoms with Gasteiger partial charge >= 0.3 is 5.97 Å². The molecule has 0 aliphatic carbocycles. The lowest BCUT2D eigenvalue weighted by Gasteiger charge is -2.05. The molecule has 2 aromatic rings. The smallest absolute Gasteiger partial charge is 0.335 e. The standard InChI is InChI=1S/C13H8ClFO2/c14-12-5-4-10(15)7-11(12)8-2-1-3-9(6-8)13(16)17/h1-7H,(H,16,17). The van der Waals surface area contributed by atoms with E-state index in [2.05, 4.69) is 0 Å². The van der Waals surface area contributed by atoms with E-state index in [-0.39, 0.29) is 5.56 Å². The number of rotatable bonds is 2. The summed E-state index contributed by atoms with van der Waals surface area (Å²) in [6, 6.07) is 10.2. The number of halogens is 2. The van der Waals surface area contributed by atoms with Crippen molar-refractivity contribution in [1.82, 2.24) is 0 Å². The zero-order valence-electron chi connectivity index (χ0n) is 8.65. The second-order valence-corrected chi connectivity index (χ2v) is 3.92. The minimum absolute atomic E-state index is 0.142. The highest BCUT2D eigenvalue weighted by Gasteiger charge is 2.08. The topological polar surface area (TPSA) is 37.3 Å². The van der Waals surface area contributed by atoms with Crippen molar-refractivity contribution in [3.8, 4) is 11.1 Å². The van der Waals surface area contributed by atoms with E-state index in [0.29, 0.717) is 16.1 Å². The quantitative estimate of drug-likeness (QED) is 0.879. The van der Waals surface area contributed by atoms with Crippen molar-refractivity contribution in [3.05, 3.63) is 58.9 Å². The molecule has 0 atom stereocenters. The maximum Gasteiger partial charge on any atom is 0.335 e. The summed E-state index contributed by atoms with van der Waals surface area (Å²) in [6.07, 6.45) is 0. The summed E-state index contributed by atoms with van der Waals surface area (Å²) in [5.74, 6) is -1.44. The molecule has 0 bridgehead atoms. The fourth-order valence-corrected chi connectivity index (χ4v) is 1.77. The Balaban J connectivity index is 2.56. The maximum atomic E-state index is 13.1. The summed E-state index contributed by atoms with van der Waals surface area (Å²) in [6.45, 7) is 0. The van der Waals surface area contributed by atoms with Crippen LogP contribution in [-0.4, -0.2) is 11.1 Å². The zero-order valence-corrected chi connectivity index (χ0v) is 9.41. The Kier molecular flexibility index (Phi) is 3.11. The summed E-state index contributed by atoms with van der Waals surface area (Å²) in [7, 11) is 0. The number of carboxylic acid groups (broad SMARTS) is 1. The molecule has 0 aliphatic heterocycles. The van der Waals surface area contributed by atoms with Crippen LogP contribution in [0.1, 0.15) is 10.4 Å². The van der Waals surface area contributed by atoms with E-state index < -0.39 is 11.8 Å². The lowest BCUT2D eigenvalue weighted by Crippen LogP contribution is -1.95. The maximum absolute atomic E-state index is 13.1. The third kappa shape index (κ3) is 2.45. The van der Waals surface area contributed by atoms with Gasteiger partial charge in [-0.15, -0.1) is 0 Å². The molecular weight excluding hydrogens is 243 g/mol. The fraction of sp³-hybridized carbons (Fsp3) is 0. The molecule has 0 amide bonds. The van der Waals surface area contributed by atoms with Crippen LogP contribution in [0, 0.1) is 5.82 Å². The highest BCUT2D eigenvalue weighted by atomic mass is 35.5. The molecule has 0 heterocycles. The Bertz CT molecular complexity index is 581. The molecule has 86 valence electrons. The highest BCUT2D eigenvalue weighted by Crippen LogP contribution is 2.29. The highest BCUT2D eigenvalue weighted by molar-refractivity contribution is 6.33. The van der Waals surface area contributed by atoms with Crippen LogP contribution in [0.25, 0.3) is 11.1 Å². The van der Waals surface area contributed by atoms with Gasteiger partial charge in [-0.3, -0.25) is 0 Å². The van der Waals surface area contributed by atoms with Gasteiger partial charge in [0, 0.05) is 10.6 Å². The Morgan fingerprint density at radius 2 is 1.94 bits per heavy atom. The van der Waals surface area contributed by atoms with Crippen molar-refractivity contribution in [2.24, 2.45) is 0 Å². The zero-order chi connectivity index (χ0) is 12.4. The minimum Gasteiger partial charge on any atom is -0.478 e. The predicted octanol–water partition coefficient (Wildman–Crippen LogP) is 3.84. The molecule has 0 saturated heterocycles. The van der Waals surface area contributed by atoms with E-state index >= 15 is 0 Å². The van der Waals surface area contributed by atoms with Gasteiger partial charge in [0.1, 0.15) is 5.82 Å². The molecule has 0 aliphatic rings. The molecule has 0 fully saturated rings. The van der Waals surface area contributed by atoms with E-state index in [4.69, 9.17) is 16.7 Å². The van der Waals surface area contributed by atoms with Crippen LogP contribution in [0.3, 0.4) is 0 Å². The van der Waals surface area contributed by atoms with Crippen LogP contribution in [0.5, 0.6) is 0 Å². The minimum atomic E-state index is -1.03. The van der Waals surface area contributed by atoms with Crippen LogP contribution in [0.2, 0.25) is 5.02 Å². The van der Waals surface area contributed by atoms with E-state index in [1.165, 1.54) is 30.3 Å². The van der Waals surface area contributed by atoms with Crippen molar-refractivity contribution in [3.63, 3.8) is 0 Å². The Hall–Kier alpha value is -1.87. The van der Waals surface area contributed by atoms with Crippen molar-refractivity contribution in [2.45, 2.75) is 0 Å². The van der Waals surface area contributed by atoms with E-state index in [1.807, 2.05) is 0 Å². The van der Waals surface area contributed by atoms with Crippen molar-refractivity contribution in [1.29, 1.82) is 0 Å². The van der Waals surface area contributed by atoms with E-state index in [0.717, 1.165) is 0 Å². The number of aromatic carboxylic acids is 1. The molecule has 2 rings (SSSR count).